The molecule has 4 nitrogen and oxygen atoms in total. The predicted octanol–water partition coefficient (Wildman–Crippen LogP) is 4.42. The summed E-state index contributed by atoms with van der Waals surface area (Å²) >= 11 is 6.38. The van der Waals surface area contributed by atoms with Gasteiger partial charge in [-0.25, -0.2) is 4.98 Å². The van der Waals surface area contributed by atoms with E-state index in [1.165, 1.54) is 12.8 Å². The Balaban J connectivity index is 2.24. The summed E-state index contributed by atoms with van der Waals surface area (Å²) in [5.41, 5.74) is 2.01. The van der Waals surface area contributed by atoms with E-state index in [9.17, 15) is 0 Å². The zero-order valence-corrected chi connectivity index (χ0v) is 16.0. The maximum absolute atomic E-state index is 6.38. The Kier molecular flexibility index (Phi) is 7.20. The molecule has 0 fully saturated rings. The second-order valence-electron chi connectivity index (χ2n) is 6.41. The van der Waals surface area contributed by atoms with Gasteiger partial charge < -0.3 is 10.2 Å². The Hall–Kier alpha value is -1.44. The fourth-order valence-electron chi connectivity index (χ4n) is 3.01. The zero-order chi connectivity index (χ0) is 17.5. The first-order chi connectivity index (χ1) is 11.6. The van der Waals surface area contributed by atoms with E-state index < -0.39 is 0 Å². The molecule has 0 aromatic carbocycles. The van der Waals surface area contributed by atoms with Crippen molar-refractivity contribution < 1.29 is 0 Å². The predicted molar refractivity (Wildman–Crippen MR) is 103 cm³/mol. The summed E-state index contributed by atoms with van der Waals surface area (Å²) in [6, 6.07) is 1.99. The van der Waals surface area contributed by atoms with E-state index in [0.29, 0.717) is 11.7 Å². The Morgan fingerprint density at radius 2 is 2.21 bits per heavy atom. The van der Waals surface area contributed by atoms with Gasteiger partial charge in [-0.05, 0) is 31.7 Å². The Labute approximate surface area is 151 Å². The number of halogens is 1. The Morgan fingerprint density at radius 1 is 1.42 bits per heavy atom. The van der Waals surface area contributed by atoms with Gasteiger partial charge in [0.15, 0.2) is 11.4 Å². The van der Waals surface area contributed by atoms with Gasteiger partial charge in [0, 0.05) is 19.3 Å². The quantitative estimate of drug-likeness (QED) is 0.556. The number of pyridine rings is 1. The summed E-state index contributed by atoms with van der Waals surface area (Å²) in [7, 11) is 0. The molecule has 132 valence electrons. The highest BCUT2D eigenvalue weighted by atomic mass is 35.5. The molecule has 1 aliphatic rings. The number of fused-ring (bicyclic) bond motifs is 1. The maximum atomic E-state index is 6.38. The van der Waals surface area contributed by atoms with Gasteiger partial charge in [-0.2, -0.15) is 0 Å². The fraction of sp³-hybridized carbons (Fsp3) is 0.632. The first-order valence-electron chi connectivity index (χ1n) is 8.93. The summed E-state index contributed by atoms with van der Waals surface area (Å²) in [5, 5.41) is 4.16. The monoisotopic (exact) mass is 348 g/mol. The van der Waals surface area contributed by atoms with Crippen molar-refractivity contribution in [2.75, 3.05) is 29.9 Å². The molecule has 0 saturated carbocycles. The van der Waals surface area contributed by atoms with E-state index in [2.05, 4.69) is 52.7 Å². The van der Waals surface area contributed by atoms with Crippen molar-refractivity contribution in [3.05, 3.63) is 17.4 Å². The van der Waals surface area contributed by atoms with Gasteiger partial charge in [-0.1, -0.05) is 44.7 Å². The molecular formula is C19H29ClN4. The summed E-state index contributed by atoms with van der Waals surface area (Å²) in [6.45, 7) is 11.4. The third-order valence-electron chi connectivity index (χ3n) is 4.64. The largest absolute Gasteiger partial charge is 0.351 e. The van der Waals surface area contributed by atoms with E-state index in [1.54, 1.807) is 6.20 Å². The maximum Gasteiger partial charge on any atom is 0.159 e. The minimum atomic E-state index is 0.0894. The number of hydrogen-bond donors (Lipinski definition) is 1. The van der Waals surface area contributed by atoms with Crippen molar-refractivity contribution in [3.63, 3.8) is 0 Å². The first-order valence-corrected chi connectivity index (χ1v) is 9.31. The summed E-state index contributed by atoms with van der Waals surface area (Å²) < 4.78 is 0. The summed E-state index contributed by atoms with van der Waals surface area (Å²) in [4.78, 5) is 9.00. The highest BCUT2D eigenvalue weighted by molar-refractivity contribution is 6.33. The molecule has 1 aliphatic heterocycles. The minimum absolute atomic E-state index is 0.0894. The highest BCUT2D eigenvalue weighted by Gasteiger charge is 2.34. The molecule has 0 aliphatic carbocycles. The van der Waals surface area contributed by atoms with Gasteiger partial charge >= 0.3 is 0 Å². The van der Waals surface area contributed by atoms with Crippen LogP contribution < -0.4 is 10.2 Å². The highest BCUT2D eigenvalue weighted by Crippen LogP contribution is 2.39. The number of anilines is 2. The van der Waals surface area contributed by atoms with Crippen molar-refractivity contribution in [3.8, 4) is 11.8 Å². The number of hydrogen-bond acceptors (Lipinski definition) is 4. The molecule has 0 radical (unpaired) electrons. The lowest BCUT2D eigenvalue weighted by atomic mass is 10.1. The van der Waals surface area contributed by atoms with E-state index >= 15 is 0 Å². The lowest BCUT2D eigenvalue weighted by molar-refractivity contribution is 0.202. The topological polar surface area (TPSA) is 31.4 Å². The number of rotatable bonds is 8. The Morgan fingerprint density at radius 3 is 2.88 bits per heavy atom. The van der Waals surface area contributed by atoms with Crippen molar-refractivity contribution in [1.82, 2.24) is 9.88 Å². The van der Waals surface area contributed by atoms with Gasteiger partial charge in [0.05, 0.1) is 12.2 Å². The fourth-order valence-corrected chi connectivity index (χ4v) is 3.28. The average Bonchev–Trinajstić information content (AvgIpc) is 2.96. The van der Waals surface area contributed by atoms with E-state index in [-0.39, 0.29) is 6.29 Å². The molecule has 2 unspecified atom stereocenters. The number of nitrogens with zero attached hydrogens (tertiary/aromatic N) is 3. The third kappa shape index (κ3) is 4.34. The minimum Gasteiger partial charge on any atom is -0.351 e. The summed E-state index contributed by atoms with van der Waals surface area (Å²) in [6.07, 6.45) is 5.38. The number of nitrogens with one attached hydrogen (secondary N) is 1. The van der Waals surface area contributed by atoms with Crippen LogP contribution in [0.5, 0.6) is 0 Å². The van der Waals surface area contributed by atoms with Crippen LogP contribution in [-0.4, -0.2) is 35.8 Å². The second-order valence-corrected chi connectivity index (χ2v) is 6.77. The van der Waals surface area contributed by atoms with Crippen molar-refractivity contribution in [2.45, 2.75) is 53.2 Å². The Bertz CT molecular complexity index is 593. The van der Waals surface area contributed by atoms with Crippen LogP contribution >= 0.6 is 11.6 Å². The van der Waals surface area contributed by atoms with Gasteiger partial charge in [0.2, 0.25) is 0 Å². The van der Waals surface area contributed by atoms with Crippen LogP contribution in [-0.2, 0) is 0 Å². The zero-order valence-electron chi connectivity index (χ0n) is 15.3. The van der Waals surface area contributed by atoms with Gasteiger partial charge in [0.1, 0.15) is 5.69 Å². The van der Waals surface area contributed by atoms with Crippen LogP contribution in [0.2, 0.25) is 5.15 Å². The molecule has 1 N–H and O–H groups in total. The van der Waals surface area contributed by atoms with Crippen LogP contribution in [0, 0.1) is 17.8 Å². The van der Waals surface area contributed by atoms with E-state index in [4.69, 9.17) is 11.6 Å². The summed E-state index contributed by atoms with van der Waals surface area (Å²) in [5.74, 6) is 6.92. The second kappa shape index (κ2) is 9.15. The van der Waals surface area contributed by atoms with Crippen LogP contribution in [0.15, 0.2) is 12.3 Å². The standard InChI is InChI=1S/C19H29ClN4/c1-5-8-13-24-17-16(9-11-21-18(17)20)22-19(24)23(12-6-2)14-10-15(4)7-3/h9,11,15,19,22H,6-7,10,12-14H2,1-4H3. The van der Waals surface area contributed by atoms with Gasteiger partial charge in [-0.15, -0.1) is 5.92 Å². The van der Waals surface area contributed by atoms with Crippen LogP contribution in [0.1, 0.15) is 47.0 Å². The van der Waals surface area contributed by atoms with E-state index in [0.717, 1.165) is 36.8 Å². The molecule has 0 spiro atoms. The van der Waals surface area contributed by atoms with Gasteiger partial charge in [0.25, 0.3) is 0 Å². The molecule has 0 saturated heterocycles. The van der Waals surface area contributed by atoms with Crippen molar-refractivity contribution in [2.24, 2.45) is 5.92 Å². The normalized spacial score (nSPS) is 17.2. The van der Waals surface area contributed by atoms with Crippen LogP contribution in [0.4, 0.5) is 11.4 Å². The number of aromatic nitrogens is 1. The SMILES string of the molecule is CC#CCN1c2c(ccnc2Cl)NC1N(CCC)CCC(C)CC. The lowest BCUT2D eigenvalue weighted by Crippen LogP contribution is -2.51. The molecule has 1 aromatic heterocycles. The smallest absolute Gasteiger partial charge is 0.159 e. The van der Waals surface area contributed by atoms with Crippen LogP contribution in [0.3, 0.4) is 0 Å². The average molecular weight is 349 g/mol. The third-order valence-corrected chi connectivity index (χ3v) is 4.91. The first kappa shape index (κ1) is 18.9. The molecule has 2 rings (SSSR count). The van der Waals surface area contributed by atoms with Crippen molar-refractivity contribution in [1.29, 1.82) is 0 Å². The molecule has 0 amide bonds. The molecule has 24 heavy (non-hydrogen) atoms. The molecule has 5 heteroatoms. The molecular weight excluding hydrogens is 320 g/mol. The van der Waals surface area contributed by atoms with Gasteiger partial charge in [-0.3, -0.25) is 4.90 Å². The lowest BCUT2D eigenvalue weighted by Gasteiger charge is -2.35. The molecule has 2 atom stereocenters. The molecule has 2 heterocycles. The molecule has 0 bridgehead atoms. The van der Waals surface area contributed by atoms with Crippen molar-refractivity contribution >= 4 is 23.0 Å². The van der Waals surface area contributed by atoms with Crippen LogP contribution in [0.25, 0.3) is 0 Å². The molecule has 1 aromatic rings. The van der Waals surface area contributed by atoms with E-state index in [1.807, 2.05) is 13.0 Å².